The lowest BCUT2D eigenvalue weighted by Crippen LogP contribution is -1.88. The summed E-state index contributed by atoms with van der Waals surface area (Å²) in [5.74, 6) is 0. The Balaban J connectivity index is 2.33. The SMILES string of the molecule is C=CCO[CH]c1ccn[14cH]c1. The van der Waals surface area contributed by atoms with Gasteiger partial charge < -0.3 is 4.74 Å². The minimum Gasteiger partial charge on any atom is -0.366 e. The fraction of sp³-hybridized carbons (Fsp3) is 0.111. The molecule has 0 N–H and O–H groups in total. The molecule has 1 aromatic heterocycles. The Labute approximate surface area is 66.5 Å². The monoisotopic (exact) mass is 150 g/mol. The van der Waals surface area contributed by atoms with E-state index < -0.39 is 0 Å². The van der Waals surface area contributed by atoms with Crippen LogP contribution in [0.15, 0.2) is 37.2 Å². The number of nitrogens with zero attached hydrogens (tertiary/aromatic N) is 1. The molecule has 0 fully saturated rings. The smallest absolute Gasteiger partial charge is 0.113 e. The number of ether oxygens (including phenoxy) is 1. The van der Waals surface area contributed by atoms with Crippen LogP contribution in [0.3, 0.4) is 0 Å². The van der Waals surface area contributed by atoms with Gasteiger partial charge in [-0.1, -0.05) is 6.08 Å². The van der Waals surface area contributed by atoms with Crippen molar-refractivity contribution in [3.8, 4) is 0 Å². The first kappa shape index (κ1) is 7.95. The molecule has 0 amide bonds. The van der Waals surface area contributed by atoms with E-state index in [1.165, 1.54) is 0 Å². The topological polar surface area (TPSA) is 22.1 Å². The Morgan fingerprint density at radius 3 is 3.27 bits per heavy atom. The Bertz CT molecular complexity index is 208. The van der Waals surface area contributed by atoms with E-state index in [0.29, 0.717) is 6.61 Å². The van der Waals surface area contributed by atoms with Crippen molar-refractivity contribution in [2.24, 2.45) is 0 Å². The lowest BCUT2D eigenvalue weighted by molar-refractivity contribution is 0.248. The fourth-order valence-electron chi connectivity index (χ4n) is 0.654. The molecule has 0 bridgehead atoms. The molecule has 0 saturated carbocycles. The minimum atomic E-state index is 0.544. The summed E-state index contributed by atoms with van der Waals surface area (Å²) >= 11 is 0. The van der Waals surface area contributed by atoms with Gasteiger partial charge in [0.15, 0.2) is 0 Å². The van der Waals surface area contributed by atoms with Gasteiger partial charge in [-0.25, -0.2) is 0 Å². The zero-order valence-electron chi connectivity index (χ0n) is 6.23. The van der Waals surface area contributed by atoms with Gasteiger partial charge in [0.1, 0.15) is 6.61 Å². The molecule has 2 heteroatoms. The van der Waals surface area contributed by atoms with Crippen LogP contribution in [0.1, 0.15) is 5.56 Å². The van der Waals surface area contributed by atoms with Gasteiger partial charge in [-0.3, -0.25) is 4.98 Å². The van der Waals surface area contributed by atoms with Crippen molar-refractivity contribution >= 4 is 0 Å². The summed E-state index contributed by atoms with van der Waals surface area (Å²) in [5.41, 5.74) is 1.02. The zero-order chi connectivity index (χ0) is 7.94. The van der Waals surface area contributed by atoms with Crippen molar-refractivity contribution in [1.82, 2.24) is 4.98 Å². The molecule has 0 aliphatic rings. The van der Waals surface area contributed by atoms with Crippen molar-refractivity contribution < 1.29 is 4.74 Å². The van der Waals surface area contributed by atoms with Gasteiger partial charge in [-0.05, 0) is 17.7 Å². The lowest BCUT2D eigenvalue weighted by atomic mass is 10.3. The molecule has 1 rings (SSSR count). The van der Waals surface area contributed by atoms with Crippen molar-refractivity contribution in [2.45, 2.75) is 0 Å². The van der Waals surface area contributed by atoms with E-state index in [1.54, 1.807) is 25.1 Å². The highest BCUT2D eigenvalue weighted by Crippen LogP contribution is 2.00. The van der Waals surface area contributed by atoms with E-state index in [2.05, 4.69) is 11.6 Å². The summed E-state index contributed by atoms with van der Waals surface area (Å²) < 4.78 is 5.10. The van der Waals surface area contributed by atoms with E-state index in [4.69, 9.17) is 4.74 Å². The molecule has 1 radical (unpaired) electrons. The van der Waals surface area contributed by atoms with Crippen molar-refractivity contribution in [3.63, 3.8) is 0 Å². The maximum Gasteiger partial charge on any atom is 0.113 e. The lowest BCUT2D eigenvalue weighted by Gasteiger charge is -1.98. The number of hydrogen-bond donors (Lipinski definition) is 0. The Morgan fingerprint density at radius 1 is 1.73 bits per heavy atom. The summed E-state index contributed by atoms with van der Waals surface area (Å²) in [6, 6.07) is 3.76. The van der Waals surface area contributed by atoms with Crippen molar-refractivity contribution in [2.75, 3.05) is 6.61 Å². The summed E-state index contributed by atoms with van der Waals surface area (Å²) in [7, 11) is 0. The number of aromatic nitrogens is 1. The van der Waals surface area contributed by atoms with Crippen LogP contribution in [0.25, 0.3) is 0 Å². The van der Waals surface area contributed by atoms with E-state index in [9.17, 15) is 0 Å². The normalized spacial score (nSPS) is 9.45. The standard InChI is InChI=1S/C9H10NO/c1-2-7-11-8-9-3-5-10-6-4-9/h2-6,8H,1,7H2/i5+2. The second-order valence-electron chi connectivity index (χ2n) is 2.02. The predicted molar refractivity (Wildman–Crippen MR) is 43.8 cm³/mol. The van der Waals surface area contributed by atoms with E-state index in [1.807, 2.05) is 12.1 Å². The molecule has 57 valence electrons. The first-order valence-electron chi connectivity index (χ1n) is 3.39. The molecule has 2 nitrogen and oxygen atoms in total. The highest BCUT2D eigenvalue weighted by Gasteiger charge is 1.89. The second kappa shape index (κ2) is 4.63. The van der Waals surface area contributed by atoms with Crippen LogP contribution in [-0.4, -0.2) is 11.6 Å². The first-order chi connectivity index (χ1) is 5.43. The van der Waals surface area contributed by atoms with Gasteiger partial charge in [0.2, 0.25) is 0 Å². The summed E-state index contributed by atoms with van der Waals surface area (Å²) in [6.07, 6.45) is 5.16. The van der Waals surface area contributed by atoms with Gasteiger partial charge in [0.05, 0.1) is 6.61 Å². The van der Waals surface area contributed by atoms with Gasteiger partial charge in [-0.15, -0.1) is 6.58 Å². The molecule has 1 aromatic rings. The van der Waals surface area contributed by atoms with Crippen LogP contribution in [0.5, 0.6) is 0 Å². The Hall–Kier alpha value is -1.15. The number of pyridine rings is 1. The molecule has 0 aliphatic heterocycles. The maximum absolute atomic E-state index is 5.10. The second-order valence-corrected chi connectivity index (χ2v) is 2.02. The average Bonchev–Trinajstić information content (AvgIpc) is 2.07. The molecule has 11 heavy (non-hydrogen) atoms. The van der Waals surface area contributed by atoms with E-state index in [0.717, 1.165) is 5.56 Å². The molecule has 1 heterocycles. The van der Waals surface area contributed by atoms with Crippen molar-refractivity contribution in [3.05, 3.63) is 49.4 Å². The molecule has 0 saturated heterocycles. The molecule has 0 atom stereocenters. The predicted octanol–water partition coefficient (Wildman–Crippen LogP) is 1.79. The maximum atomic E-state index is 5.10. The molecular formula is C9H10NO. The summed E-state index contributed by atoms with van der Waals surface area (Å²) in [5, 5.41) is 0. The van der Waals surface area contributed by atoms with E-state index >= 15 is 0 Å². The van der Waals surface area contributed by atoms with Crippen molar-refractivity contribution in [1.29, 1.82) is 0 Å². The van der Waals surface area contributed by atoms with Crippen LogP contribution >= 0.6 is 0 Å². The summed E-state index contributed by atoms with van der Waals surface area (Å²) in [4.78, 5) is 3.88. The van der Waals surface area contributed by atoms with E-state index in [-0.39, 0.29) is 0 Å². The molecule has 0 aromatic carbocycles. The Kier molecular flexibility index (Phi) is 3.35. The quantitative estimate of drug-likeness (QED) is 0.482. The third-order valence-electron chi connectivity index (χ3n) is 1.14. The zero-order valence-corrected chi connectivity index (χ0v) is 6.23. The Morgan fingerprint density at radius 2 is 2.64 bits per heavy atom. The molecule has 0 unspecified atom stereocenters. The number of hydrogen-bond acceptors (Lipinski definition) is 2. The average molecular weight is 150 g/mol. The summed E-state index contributed by atoms with van der Waals surface area (Å²) in [6.45, 7) is 5.76. The highest BCUT2D eigenvalue weighted by atomic mass is 16.5. The minimum absolute atomic E-state index is 0.544. The van der Waals surface area contributed by atoms with Gasteiger partial charge in [0, 0.05) is 12.4 Å². The third-order valence-corrected chi connectivity index (χ3v) is 1.14. The largest absolute Gasteiger partial charge is 0.366 e. The van der Waals surface area contributed by atoms with Crippen LogP contribution < -0.4 is 0 Å². The van der Waals surface area contributed by atoms with Crippen LogP contribution in [-0.2, 0) is 4.74 Å². The fourth-order valence-corrected chi connectivity index (χ4v) is 0.654. The van der Waals surface area contributed by atoms with Gasteiger partial charge in [0.25, 0.3) is 0 Å². The molecular weight excluding hydrogens is 140 g/mol. The van der Waals surface area contributed by atoms with Crippen LogP contribution in [0, 0.1) is 6.61 Å². The third kappa shape index (κ3) is 2.96. The number of rotatable bonds is 4. The highest BCUT2D eigenvalue weighted by molar-refractivity contribution is 5.15. The first-order valence-corrected chi connectivity index (χ1v) is 3.39. The van der Waals surface area contributed by atoms with Gasteiger partial charge >= 0.3 is 0 Å². The molecule has 0 aliphatic carbocycles. The van der Waals surface area contributed by atoms with Crippen LogP contribution in [0.2, 0.25) is 0 Å². The molecule has 0 spiro atoms. The van der Waals surface area contributed by atoms with Crippen LogP contribution in [0.4, 0.5) is 0 Å². The van der Waals surface area contributed by atoms with Gasteiger partial charge in [-0.2, -0.15) is 0 Å².